The third-order valence-electron chi connectivity index (χ3n) is 2.23. The van der Waals surface area contributed by atoms with Crippen molar-refractivity contribution in [2.45, 2.75) is 26.3 Å². The van der Waals surface area contributed by atoms with E-state index >= 15 is 0 Å². The predicted molar refractivity (Wildman–Crippen MR) is 61.6 cm³/mol. The van der Waals surface area contributed by atoms with Gasteiger partial charge < -0.3 is 10.6 Å². The molecule has 1 aromatic rings. The van der Waals surface area contributed by atoms with Crippen molar-refractivity contribution in [1.29, 1.82) is 0 Å². The summed E-state index contributed by atoms with van der Waals surface area (Å²) in [6, 6.07) is 5.80. The SMILES string of the molecule is CCCNC(=O)NC(C)c1cccc(F)c1. The predicted octanol–water partition coefficient (Wildman–Crippen LogP) is 2.60. The molecular formula is C12H17FN2O. The number of rotatable bonds is 4. The van der Waals surface area contributed by atoms with Gasteiger partial charge in [-0.3, -0.25) is 0 Å². The second-order valence-electron chi connectivity index (χ2n) is 3.68. The van der Waals surface area contributed by atoms with Gasteiger partial charge in [0.15, 0.2) is 0 Å². The fourth-order valence-corrected chi connectivity index (χ4v) is 1.35. The maximum Gasteiger partial charge on any atom is 0.315 e. The highest BCUT2D eigenvalue weighted by Gasteiger charge is 2.08. The molecule has 0 aliphatic rings. The van der Waals surface area contributed by atoms with Crippen molar-refractivity contribution >= 4 is 6.03 Å². The van der Waals surface area contributed by atoms with Gasteiger partial charge in [-0.1, -0.05) is 19.1 Å². The summed E-state index contributed by atoms with van der Waals surface area (Å²) in [5, 5.41) is 5.45. The summed E-state index contributed by atoms with van der Waals surface area (Å²) in [6.45, 7) is 4.44. The van der Waals surface area contributed by atoms with Gasteiger partial charge in [0.1, 0.15) is 5.82 Å². The topological polar surface area (TPSA) is 41.1 Å². The van der Waals surface area contributed by atoms with Crippen LogP contribution in [0.4, 0.5) is 9.18 Å². The molecule has 0 heterocycles. The molecule has 1 atom stereocenters. The maximum absolute atomic E-state index is 12.9. The van der Waals surface area contributed by atoms with Gasteiger partial charge in [0, 0.05) is 6.54 Å². The number of hydrogen-bond donors (Lipinski definition) is 2. The number of carbonyl (C=O) groups excluding carboxylic acids is 1. The van der Waals surface area contributed by atoms with Gasteiger partial charge in [-0.05, 0) is 31.0 Å². The highest BCUT2D eigenvalue weighted by molar-refractivity contribution is 5.74. The van der Waals surface area contributed by atoms with Crippen molar-refractivity contribution in [2.24, 2.45) is 0 Å². The van der Waals surface area contributed by atoms with E-state index < -0.39 is 0 Å². The molecule has 0 saturated carbocycles. The van der Waals surface area contributed by atoms with Crippen molar-refractivity contribution < 1.29 is 9.18 Å². The van der Waals surface area contributed by atoms with E-state index in [2.05, 4.69) is 10.6 Å². The first-order valence-electron chi connectivity index (χ1n) is 5.43. The minimum atomic E-state index is -0.292. The third-order valence-corrected chi connectivity index (χ3v) is 2.23. The molecular weight excluding hydrogens is 207 g/mol. The van der Waals surface area contributed by atoms with Crippen molar-refractivity contribution in [3.8, 4) is 0 Å². The molecule has 0 saturated heterocycles. The molecule has 16 heavy (non-hydrogen) atoms. The summed E-state index contributed by atoms with van der Waals surface area (Å²) in [7, 11) is 0. The zero-order valence-corrected chi connectivity index (χ0v) is 9.59. The number of urea groups is 1. The van der Waals surface area contributed by atoms with Gasteiger partial charge in [0.2, 0.25) is 0 Å². The highest BCUT2D eigenvalue weighted by Crippen LogP contribution is 2.12. The van der Waals surface area contributed by atoms with Crippen LogP contribution in [0, 0.1) is 5.82 Å². The normalized spacial score (nSPS) is 11.9. The molecule has 1 aromatic carbocycles. The summed E-state index contributed by atoms with van der Waals surface area (Å²) >= 11 is 0. The average Bonchev–Trinajstić information content (AvgIpc) is 2.26. The largest absolute Gasteiger partial charge is 0.338 e. The number of amides is 2. The molecule has 0 radical (unpaired) electrons. The van der Waals surface area contributed by atoms with Crippen LogP contribution in [0.25, 0.3) is 0 Å². The van der Waals surface area contributed by atoms with Crippen LogP contribution < -0.4 is 10.6 Å². The van der Waals surface area contributed by atoms with E-state index in [0.29, 0.717) is 6.54 Å². The van der Waals surface area contributed by atoms with Crippen LogP contribution in [0.15, 0.2) is 24.3 Å². The Hall–Kier alpha value is -1.58. The molecule has 0 fully saturated rings. The van der Waals surface area contributed by atoms with Crippen LogP contribution in [0.1, 0.15) is 31.9 Å². The smallest absolute Gasteiger partial charge is 0.315 e. The Labute approximate surface area is 95.0 Å². The Morgan fingerprint density at radius 3 is 2.88 bits per heavy atom. The minimum absolute atomic E-state index is 0.201. The zero-order chi connectivity index (χ0) is 12.0. The van der Waals surface area contributed by atoms with Crippen molar-refractivity contribution in [3.63, 3.8) is 0 Å². The van der Waals surface area contributed by atoms with Gasteiger partial charge in [-0.15, -0.1) is 0 Å². The van der Waals surface area contributed by atoms with E-state index in [4.69, 9.17) is 0 Å². The van der Waals surface area contributed by atoms with Gasteiger partial charge >= 0.3 is 6.03 Å². The molecule has 0 aliphatic carbocycles. The van der Waals surface area contributed by atoms with Crippen LogP contribution in [0.3, 0.4) is 0 Å². The molecule has 3 nitrogen and oxygen atoms in total. The van der Waals surface area contributed by atoms with E-state index in [1.807, 2.05) is 13.8 Å². The summed E-state index contributed by atoms with van der Waals surface area (Å²) in [4.78, 5) is 11.4. The first-order valence-corrected chi connectivity index (χ1v) is 5.43. The number of benzene rings is 1. The molecule has 4 heteroatoms. The number of nitrogens with one attached hydrogen (secondary N) is 2. The first-order chi connectivity index (χ1) is 7.63. The van der Waals surface area contributed by atoms with Crippen molar-refractivity contribution in [1.82, 2.24) is 10.6 Å². The molecule has 0 aliphatic heterocycles. The quantitative estimate of drug-likeness (QED) is 0.811. The molecule has 1 rings (SSSR count). The van der Waals surface area contributed by atoms with E-state index in [1.165, 1.54) is 12.1 Å². The zero-order valence-electron chi connectivity index (χ0n) is 9.59. The van der Waals surface area contributed by atoms with E-state index in [1.54, 1.807) is 12.1 Å². The van der Waals surface area contributed by atoms with Gasteiger partial charge in [0.05, 0.1) is 6.04 Å². The van der Waals surface area contributed by atoms with E-state index in [9.17, 15) is 9.18 Å². The molecule has 88 valence electrons. The Kier molecular flexibility index (Phi) is 4.76. The fourth-order valence-electron chi connectivity index (χ4n) is 1.35. The van der Waals surface area contributed by atoms with Gasteiger partial charge in [-0.25, -0.2) is 9.18 Å². The molecule has 2 N–H and O–H groups in total. The van der Waals surface area contributed by atoms with Crippen LogP contribution in [0.2, 0.25) is 0 Å². The number of halogens is 1. The fraction of sp³-hybridized carbons (Fsp3) is 0.417. The number of carbonyl (C=O) groups is 1. The lowest BCUT2D eigenvalue weighted by Gasteiger charge is -2.14. The second-order valence-corrected chi connectivity index (χ2v) is 3.68. The molecule has 1 unspecified atom stereocenters. The average molecular weight is 224 g/mol. The third kappa shape index (κ3) is 3.88. The monoisotopic (exact) mass is 224 g/mol. The highest BCUT2D eigenvalue weighted by atomic mass is 19.1. The first kappa shape index (κ1) is 12.5. The molecule has 0 bridgehead atoms. The van der Waals surface area contributed by atoms with E-state index in [-0.39, 0.29) is 17.9 Å². The lowest BCUT2D eigenvalue weighted by Crippen LogP contribution is -2.37. The Bertz CT molecular complexity index is 355. The number of hydrogen-bond acceptors (Lipinski definition) is 1. The van der Waals surface area contributed by atoms with Crippen LogP contribution in [0.5, 0.6) is 0 Å². The maximum atomic E-state index is 12.9. The lowest BCUT2D eigenvalue weighted by atomic mass is 10.1. The Morgan fingerprint density at radius 1 is 1.50 bits per heavy atom. The van der Waals surface area contributed by atoms with Crippen molar-refractivity contribution in [3.05, 3.63) is 35.6 Å². The Morgan fingerprint density at radius 2 is 2.25 bits per heavy atom. The van der Waals surface area contributed by atoms with E-state index in [0.717, 1.165) is 12.0 Å². The summed E-state index contributed by atoms with van der Waals surface area (Å²) in [5.74, 6) is -0.292. The second kappa shape index (κ2) is 6.10. The van der Waals surface area contributed by atoms with Crippen LogP contribution in [-0.2, 0) is 0 Å². The standard InChI is InChI=1S/C12H17FN2O/c1-3-7-14-12(16)15-9(2)10-5-4-6-11(13)8-10/h4-6,8-9H,3,7H2,1-2H3,(H2,14,15,16). The molecule has 2 amide bonds. The lowest BCUT2D eigenvalue weighted by molar-refractivity contribution is 0.238. The Balaban J connectivity index is 2.52. The summed E-state index contributed by atoms with van der Waals surface area (Å²) < 4.78 is 12.9. The van der Waals surface area contributed by atoms with Gasteiger partial charge in [0.25, 0.3) is 0 Å². The molecule has 0 aromatic heterocycles. The molecule has 0 spiro atoms. The van der Waals surface area contributed by atoms with Crippen LogP contribution >= 0.6 is 0 Å². The van der Waals surface area contributed by atoms with Crippen LogP contribution in [-0.4, -0.2) is 12.6 Å². The summed E-state index contributed by atoms with van der Waals surface area (Å²) in [6.07, 6.45) is 0.891. The van der Waals surface area contributed by atoms with Gasteiger partial charge in [-0.2, -0.15) is 0 Å². The van der Waals surface area contributed by atoms with Crippen molar-refractivity contribution in [2.75, 3.05) is 6.54 Å². The minimum Gasteiger partial charge on any atom is -0.338 e. The summed E-state index contributed by atoms with van der Waals surface area (Å²) in [5.41, 5.74) is 0.756.